The van der Waals surface area contributed by atoms with Crippen LogP contribution in [-0.4, -0.2) is 9.55 Å². The Balaban J connectivity index is 2.63. The van der Waals surface area contributed by atoms with Crippen LogP contribution in [0.15, 0.2) is 22.7 Å². The molecule has 0 aliphatic carbocycles. The molecule has 0 amide bonds. The molecule has 1 aromatic heterocycles. The molecular formula is C15H19BrClN3. The molecule has 2 rings (SSSR count). The number of halogens is 2. The molecule has 5 heteroatoms. The summed E-state index contributed by atoms with van der Waals surface area (Å²) < 4.78 is 3.05. The lowest BCUT2D eigenvalue weighted by Crippen LogP contribution is -2.08. The molecule has 0 fully saturated rings. The van der Waals surface area contributed by atoms with Crippen LogP contribution < -0.4 is 5.73 Å². The number of hydrogen-bond donors (Lipinski definition) is 1. The van der Waals surface area contributed by atoms with Gasteiger partial charge in [-0.15, -0.1) is 0 Å². The third-order valence-electron chi connectivity index (χ3n) is 3.18. The second kappa shape index (κ2) is 6.19. The van der Waals surface area contributed by atoms with Crippen molar-refractivity contribution in [3.63, 3.8) is 0 Å². The third-order valence-corrected chi connectivity index (χ3v) is 4.11. The molecule has 0 bridgehead atoms. The molecule has 108 valence electrons. The molecule has 0 atom stereocenters. The van der Waals surface area contributed by atoms with Crippen molar-refractivity contribution in [3.05, 3.63) is 33.5 Å². The molecule has 0 unspecified atom stereocenters. The first-order chi connectivity index (χ1) is 9.45. The predicted molar refractivity (Wildman–Crippen MR) is 89.2 cm³/mol. The molecule has 1 aromatic carbocycles. The van der Waals surface area contributed by atoms with Crippen LogP contribution >= 0.6 is 27.5 Å². The van der Waals surface area contributed by atoms with E-state index in [1.165, 1.54) is 0 Å². The van der Waals surface area contributed by atoms with Gasteiger partial charge in [-0.25, -0.2) is 4.98 Å². The van der Waals surface area contributed by atoms with E-state index in [1.54, 1.807) is 0 Å². The van der Waals surface area contributed by atoms with E-state index in [-0.39, 0.29) is 0 Å². The van der Waals surface area contributed by atoms with Gasteiger partial charge in [-0.3, -0.25) is 0 Å². The van der Waals surface area contributed by atoms with Crippen LogP contribution in [-0.2, 0) is 6.54 Å². The number of aromatic nitrogens is 2. The standard InChI is InChI=1S/C15H19BrClN3/c1-4-7-20-14(18)13(19-15(20)9(2)3)11-8-10(17)5-6-12(11)16/h5-6,8-9H,4,7,18H2,1-3H3. The van der Waals surface area contributed by atoms with E-state index >= 15 is 0 Å². The smallest absolute Gasteiger partial charge is 0.131 e. The number of nitrogens with zero attached hydrogens (tertiary/aromatic N) is 2. The summed E-state index contributed by atoms with van der Waals surface area (Å²) in [5.74, 6) is 2.06. The highest BCUT2D eigenvalue weighted by atomic mass is 79.9. The first-order valence-corrected chi connectivity index (χ1v) is 7.94. The minimum atomic E-state index is 0.329. The fraction of sp³-hybridized carbons (Fsp3) is 0.400. The Bertz CT molecular complexity index is 620. The number of rotatable bonds is 4. The van der Waals surface area contributed by atoms with Gasteiger partial charge in [-0.05, 0) is 24.6 Å². The lowest BCUT2D eigenvalue weighted by molar-refractivity contribution is 0.616. The number of hydrogen-bond acceptors (Lipinski definition) is 2. The zero-order chi connectivity index (χ0) is 14.9. The van der Waals surface area contributed by atoms with E-state index in [4.69, 9.17) is 22.3 Å². The topological polar surface area (TPSA) is 43.8 Å². The van der Waals surface area contributed by atoms with E-state index in [9.17, 15) is 0 Å². The van der Waals surface area contributed by atoms with Crippen molar-refractivity contribution >= 4 is 33.3 Å². The predicted octanol–water partition coefficient (Wildman–Crippen LogP) is 5.08. The van der Waals surface area contributed by atoms with Crippen molar-refractivity contribution < 1.29 is 0 Å². The summed E-state index contributed by atoms with van der Waals surface area (Å²) in [7, 11) is 0. The fourth-order valence-corrected chi connectivity index (χ4v) is 2.87. The summed E-state index contributed by atoms with van der Waals surface area (Å²) in [5, 5.41) is 0.679. The van der Waals surface area contributed by atoms with Crippen molar-refractivity contribution in [2.75, 3.05) is 5.73 Å². The van der Waals surface area contributed by atoms with Gasteiger partial charge in [0.2, 0.25) is 0 Å². The highest BCUT2D eigenvalue weighted by molar-refractivity contribution is 9.10. The Morgan fingerprint density at radius 2 is 2.10 bits per heavy atom. The molecular weight excluding hydrogens is 338 g/mol. The average Bonchev–Trinajstić information content (AvgIpc) is 2.71. The normalized spacial score (nSPS) is 11.3. The molecule has 1 heterocycles. The Hall–Kier alpha value is -1.00. The van der Waals surface area contributed by atoms with Crippen molar-refractivity contribution in [2.45, 2.75) is 39.7 Å². The molecule has 2 aromatic rings. The Kier molecular flexibility index (Phi) is 4.76. The van der Waals surface area contributed by atoms with Crippen LogP contribution in [0.25, 0.3) is 11.3 Å². The van der Waals surface area contributed by atoms with Crippen LogP contribution in [0.4, 0.5) is 5.82 Å². The van der Waals surface area contributed by atoms with E-state index < -0.39 is 0 Å². The minimum Gasteiger partial charge on any atom is -0.383 e. The van der Waals surface area contributed by atoms with E-state index in [1.807, 2.05) is 18.2 Å². The van der Waals surface area contributed by atoms with E-state index in [0.29, 0.717) is 16.8 Å². The molecule has 0 saturated carbocycles. The average molecular weight is 357 g/mol. The summed E-state index contributed by atoms with van der Waals surface area (Å²) in [6.45, 7) is 7.28. The quantitative estimate of drug-likeness (QED) is 0.830. The number of nitrogen functional groups attached to an aromatic ring is 1. The zero-order valence-electron chi connectivity index (χ0n) is 12.0. The first-order valence-electron chi connectivity index (χ1n) is 6.77. The number of nitrogens with two attached hydrogens (primary N) is 1. The lowest BCUT2D eigenvalue weighted by Gasteiger charge is -2.10. The summed E-state index contributed by atoms with van der Waals surface area (Å²) in [5.41, 5.74) is 8.05. The van der Waals surface area contributed by atoms with Gasteiger partial charge in [0.1, 0.15) is 17.3 Å². The second-order valence-corrected chi connectivity index (χ2v) is 6.43. The van der Waals surface area contributed by atoms with Crippen LogP contribution in [0.3, 0.4) is 0 Å². The fourth-order valence-electron chi connectivity index (χ4n) is 2.26. The molecule has 0 aliphatic rings. The van der Waals surface area contributed by atoms with Crippen molar-refractivity contribution in [3.8, 4) is 11.3 Å². The van der Waals surface area contributed by atoms with Gasteiger partial charge in [-0.2, -0.15) is 0 Å². The molecule has 0 aliphatic heterocycles. The Labute approximate surface area is 133 Å². The highest BCUT2D eigenvalue weighted by Gasteiger charge is 2.19. The molecule has 2 N–H and O–H groups in total. The van der Waals surface area contributed by atoms with Crippen LogP contribution in [0.5, 0.6) is 0 Å². The second-order valence-electron chi connectivity index (χ2n) is 5.13. The van der Waals surface area contributed by atoms with Crippen molar-refractivity contribution in [1.82, 2.24) is 9.55 Å². The van der Waals surface area contributed by atoms with Crippen LogP contribution in [0.1, 0.15) is 38.9 Å². The lowest BCUT2D eigenvalue weighted by atomic mass is 10.1. The minimum absolute atomic E-state index is 0.329. The van der Waals surface area contributed by atoms with E-state index in [2.05, 4.69) is 41.3 Å². The van der Waals surface area contributed by atoms with Crippen molar-refractivity contribution in [2.24, 2.45) is 0 Å². The largest absolute Gasteiger partial charge is 0.383 e. The maximum atomic E-state index is 6.32. The van der Waals surface area contributed by atoms with Crippen LogP contribution in [0, 0.1) is 0 Å². The molecule has 0 spiro atoms. The van der Waals surface area contributed by atoms with Gasteiger partial charge < -0.3 is 10.3 Å². The number of benzene rings is 1. The van der Waals surface area contributed by atoms with Gasteiger partial charge in [0, 0.05) is 27.5 Å². The molecule has 0 radical (unpaired) electrons. The van der Waals surface area contributed by atoms with Gasteiger partial charge >= 0.3 is 0 Å². The number of anilines is 1. The summed E-state index contributed by atoms with van der Waals surface area (Å²) in [6, 6.07) is 5.66. The van der Waals surface area contributed by atoms with Gasteiger partial charge in [0.25, 0.3) is 0 Å². The summed E-state index contributed by atoms with van der Waals surface area (Å²) in [4.78, 5) is 4.75. The maximum Gasteiger partial charge on any atom is 0.131 e. The van der Waals surface area contributed by atoms with Gasteiger partial charge in [0.05, 0.1) is 0 Å². The SMILES string of the molecule is CCCn1c(C(C)C)nc(-c2cc(Cl)ccc2Br)c1N. The molecule has 3 nitrogen and oxygen atoms in total. The Morgan fingerprint density at radius 1 is 1.40 bits per heavy atom. The van der Waals surface area contributed by atoms with Crippen LogP contribution in [0.2, 0.25) is 5.02 Å². The summed E-state index contributed by atoms with van der Waals surface area (Å²) >= 11 is 9.64. The van der Waals surface area contributed by atoms with Crippen molar-refractivity contribution in [1.29, 1.82) is 0 Å². The molecule has 20 heavy (non-hydrogen) atoms. The van der Waals surface area contributed by atoms with E-state index in [0.717, 1.165) is 34.5 Å². The number of imidazole rings is 1. The monoisotopic (exact) mass is 355 g/mol. The zero-order valence-corrected chi connectivity index (χ0v) is 14.3. The Morgan fingerprint density at radius 3 is 2.70 bits per heavy atom. The summed E-state index contributed by atoms with van der Waals surface area (Å²) in [6.07, 6.45) is 1.02. The van der Waals surface area contributed by atoms with Gasteiger partial charge in [0.15, 0.2) is 0 Å². The first kappa shape index (κ1) is 15.4. The molecule has 0 saturated heterocycles. The highest BCUT2D eigenvalue weighted by Crippen LogP contribution is 2.35. The van der Waals surface area contributed by atoms with Gasteiger partial charge in [-0.1, -0.05) is 48.3 Å². The maximum absolute atomic E-state index is 6.32. The third kappa shape index (κ3) is 2.86.